The summed E-state index contributed by atoms with van der Waals surface area (Å²) in [7, 11) is 0. The monoisotopic (exact) mass is 426 g/mol. The molecule has 1 unspecified atom stereocenters. The van der Waals surface area contributed by atoms with Crippen LogP contribution in [0.15, 0.2) is 0 Å². The average Bonchev–Trinajstić information content (AvgIpc) is 2.51. The Balaban J connectivity index is 6.09. The molecule has 0 saturated carbocycles. The second-order valence-electron chi connectivity index (χ2n) is 5.45. The number of hydrogen-bond donors (Lipinski definition) is 1. The summed E-state index contributed by atoms with van der Waals surface area (Å²) in [5.74, 6) is -33.7. The molecule has 0 aliphatic carbocycles. The molecule has 0 radical (unpaired) electrons. The predicted molar refractivity (Wildman–Crippen MR) is 70.7 cm³/mol. The summed E-state index contributed by atoms with van der Waals surface area (Å²) < 4.78 is 144. The van der Waals surface area contributed by atoms with Crippen molar-refractivity contribution in [3.63, 3.8) is 0 Å². The van der Waals surface area contributed by atoms with Crippen LogP contribution in [0.25, 0.3) is 0 Å². The molecule has 0 fully saturated rings. The first-order chi connectivity index (χ1) is 11.9. The van der Waals surface area contributed by atoms with Gasteiger partial charge in [-0.3, -0.25) is 10.2 Å². The van der Waals surface area contributed by atoms with Crippen LogP contribution < -0.4 is 5.43 Å². The van der Waals surface area contributed by atoms with E-state index in [1.54, 1.807) is 5.43 Å². The Kier molecular flexibility index (Phi) is 7.56. The standard InChI is InChI=1S/C13H17F11N2O/c1-4-7(8(27)25-26(5-2)6-3)9(14,15)10(16,17)11(18,19)12(20,21)13(22,23)24/h7H,4-6H2,1-3H3,(H,25,27). The van der Waals surface area contributed by atoms with Gasteiger partial charge in [-0.05, 0) is 6.42 Å². The van der Waals surface area contributed by atoms with E-state index in [4.69, 9.17) is 0 Å². The minimum atomic E-state index is -7.52. The van der Waals surface area contributed by atoms with E-state index < -0.39 is 48.1 Å². The molecule has 162 valence electrons. The third-order valence-electron chi connectivity index (χ3n) is 3.76. The highest BCUT2D eigenvalue weighted by Gasteiger charge is 2.88. The van der Waals surface area contributed by atoms with E-state index in [2.05, 4.69) is 0 Å². The summed E-state index contributed by atoms with van der Waals surface area (Å²) in [6.07, 6.45) is -8.48. The Labute approximate surface area is 146 Å². The van der Waals surface area contributed by atoms with Crippen LogP contribution in [0.1, 0.15) is 27.2 Å². The molecular weight excluding hydrogens is 409 g/mol. The van der Waals surface area contributed by atoms with Gasteiger partial charge >= 0.3 is 29.9 Å². The summed E-state index contributed by atoms with van der Waals surface area (Å²) >= 11 is 0. The second-order valence-corrected chi connectivity index (χ2v) is 5.45. The van der Waals surface area contributed by atoms with Crippen molar-refractivity contribution in [2.75, 3.05) is 13.1 Å². The van der Waals surface area contributed by atoms with Crippen LogP contribution in [-0.4, -0.2) is 53.9 Å². The maximum Gasteiger partial charge on any atom is 0.460 e. The maximum atomic E-state index is 14.0. The first kappa shape index (κ1) is 25.7. The fourth-order valence-corrected chi connectivity index (χ4v) is 2.03. The molecule has 14 heteroatoms. The molecule has 0 heterocycles. The van der Waals surface area contributed by atoms with Gasteiger partial charge in [-0.1, -0.05) is 20.8 Å². The van der Waals surface area contributed by atoms with Gasteiger partial charge in [0.1, 0.15) is 5.92 Å². The van der Waals surface area contributed by atoms with Gasteiger partial charge in [0.05, 0.1) is 0 Å². The lowest BCUT2D eigenvalue weighted by Crippen LogP contribution is -2.69. The molecule has 27 heavy (non-hydrogen) atoms. The molecule has 0 rings (SSSR count). The molecule has 0 aromatic rings. The van der Waals surface area contributed by atoms with Crippen LogP contribution in [0.4, 0.5) is 48.3 Å². The zero-order valence-electron chi connectivity index (χ0n) is 14.2. The quantitative estimate of drug-likeness (QED) is 0.436. The molecule has 0 aromatic carbocycles. The Morgan fingerprint density at radius 1 is 0.778 bits per heavy atom. The topological polar surface area (TPSA) is 32.3 Å². The smallest absolute Gasteiger partial charge is 0.288 e. The number of amides is 1. The number of carbonyl (C=O) groups excluding carboxylic acids is 1. The maximum absolute atomic E-state index is 14.0. The van der Waals surface area contributed by atoms with Gasteiger partial charge in [0.2, 0.25) is 5.91 Å². The largest absolute Gasteiger partial charge is 0.460 e. The molecule has 0 aliphatic rings. The van der Waals surface area contributed by atoms with Gasteiger partial charge in [-0.25, -0.2) is 5.01 Å². The Morgan fingerprint density at radius 3 is 1.48 bits per heavy atom. The highest BCUT2D eigenvalue weighted by atomic mass is 19.4. The second kappa shape index (κ2) is 7.95. The van der Waals surface area contributed by atoms with Gasteiger partial charge < -0.3 is 0 Å². The highest BCUT2D eigenvalue weighted by molar-refractivity contribution is 5.79. The van der Waals surface area contributed by atoms with Gasteiger partial charge in [0, 0.05) is 13.1 Å². The average molecular weight is 426 g/mol. The number of carbonyl (C=O) groups is 1. The molecule has 0 spiro atoms. The van der Waals surface area contributed by atoms with Crippen molar-refractivity contribution in [1.29, 1.82) is 0 Å². The molecule has 0 bridgehead atoms. The van der Waals surface area contributed by atoms with Crippen LogP contribution >= 0.6 is 0 Å². The van der Waals surface area contributed by atoms with Crippen molar-refractivity contribution < 1.29 is 53.1 Å². The Morgan fingerprint density at radius 2 is 1.19 bits per heavy atom. The molecular formula is C13H17F11N2O. The number of nitrogens with one attached hydrogen (secondary N) is 1. The summed E-state index contributed by atoms with van der Waals surface area (Å²) in [6, 6.07) is 0. The third-order valence-corrected chi connectivity index (χ3v) is 3.76. The van der Waals surface area contributed by atoms with Crippen LogP contribution in [0.3, 0.4) is 0 Å². The Hall–Kier alpha value is -1.34. The van der Waals surface area contributed by atoms with Crippen LogP contribution in [-0.2, 0) is 4.79 Å². The SMILES string of the molecule is CCC(C(=O)NN(CC)CC)C(F)(F)C(F)(F)C(F)(F)C(F)(F)C(F)(F)F. The zero-order chi connectivity index (χ0) is 22.1. The predicted octanol–water partition coefficient (Wildman–Crippen LogP) is 4.49. The van der Waals surface area contributed by atoms with E-state index in [1.807, 2.05) is 0 Å². The third kappa shape index (κ3) is 4.24. The van der Waals surface area contributed by atoms with E-state index >= 15 is 0 Å². The molecule has 0 aromatic heterocycles. The first-order valence-corrected chi connectivity index (χ1v) is 7.50. The molecule has 1 atom stereocenters. The number of rotatable bonds is 9. The van der Waals surface area contributed by atoms with Crippen LogP contribution in [0.5, 0.6) is 0 Å². The fourth-order valence-electron chi connectivity index (χ4n) is 2.03. The van der Waals surface area contributed by atoms with Crippen molar-refractivity contribution in [2.24, 2.45) is 5.92 Å². The van der Waals surface area contributed by atoms with Gasteiger partial charge in [0.15, 0.2) is 0 Å². The van der Waals surface area contributed by atoms with Crippen molar-refractivity contribution in [2.45, 2.75) is 57.1 Å². The lowest BCUT2D eigenvalue weighted by molar-refractivity contribution is -0.425. The van der Waals surface area contributed by atoms with Crippen molar-refractivity contribution >= 4 is 5.91 Å². The van der Waals surface area contributed by atoms with Gasteiger partial charge in [0.25, 0.3) is 0 Å². The number of hydrazine groups is 1. The van der Waals surface area contributed by atoms with Crippen molar-refractivity contribution in [1.82, 2.24) is 10.4 Å². The summed E-state index contributed by atoms with van der Waals surface area (Å²) in [5, 5.41) is 0.904. The number of halogens is 11. The minimum Gasteiger partial charge on any atom is -0.288 e. The summed E-state index contributed by atoms with van der Waals surface area (Å²) in [4.78, 5) is 11.7. The summed E-state index contributed by atoms with van der Waals surface area (Å²) in [6.45, 7) is 3.42. The summed E-state index contributed by atoms with van der Waals surface area (Å²) in [5.41, 5.74) is 1.69. The van der Waals surface area contributed by atoms with E-state index in [-0.39, 0.29) is 13.1 Å². The molecule has 1 N–H and O–H groups in total. The van der Waals surface area contributed by atoms with Gasteiger partial charge in [-0.2, -0.15) is 48.3 Å². The van der Waals surface area contributed by atoms with Gasteiger partial charge in [-0.15, -0.1) is 0 Å². The van der Waals surface area contributed by atoms with E-state index in [9.17, 15) is 53.1 Å². The zero-order valence-corrected chi connectivity index (χ0v) is 14.2. The molecule has 0 saturated heterocycles. The molecule has 0 aliphatic heterocycles. The number of nitrogens with zero attached hydrogens (tertiary/aromatic N) is 1. The van der Waals surface area contributed by atoms with E-state index in [1.165, 1.54) is 13.8 Å². The first-order valence-electron chi connectivity index (χ1n) is 7.50. The fraction of sp³-hybridized carbons (Fsp3) is 0.923. The Bertz CT molecular complexity index is 515. The normalized spacial score (nSPS) is 15.8. The van der Waals surface area contributed by atoms with Crippen LogP contribution in [0, 0.1) is 5.92 Å². The molecule has 3 nitrogen and oxygen atoms in total. The molecule has 1 amide bonds. The van der Waals surface area contributed by atoms with Crippen molar-refractivity contribution in [3.8, 4) is 0 Å². The van der Waals surface area contributed by atoms with E-state index in [0.717, 1.165) is 5.01 Å². The van der Waals surface area contributed by atoms with Crippen molar-refractivity contribution in [3.05, 3.63) is 0 Å². The highest BCUT2D eigenvalue weighted by Crippen LogP contribution is 2.59. The number of hydrogen-bond acceptors (Lipinski definition) is 2. The lowest BCUT2D eigenvalue weighted by atomic mass is 9.87. The lowest BCUT2D eigenvalue weighted by Gasteiger charge is -2.39. The van der Waals surface area contributed by atoms with E-state index in [0.29, 0.717) is 6.92 Å². The number of alkyl halides is 11. The minimum absolute atomic E-state index is 0.0249. The van der Waals surface area contributed by atoms with Crippen LogP contribution in [0.2, 0.25) is 0 Å².